The number of hydrogen-bond donors (Lipinski definition) is 3. The van der Waals surface area contributed by atoms with Crippen LogP contribution in [0.4, 0.5) is 0 Å². The molecular weight excluding hydrogens is 484 g/mol. The Balaban J connectivity index is 1.56. The highest BCUT2D eigenvalue weighted by Crippen LogP contribution is 2.30. The average Bonchev–Trinajstić information content (AvgIpc) is 3.37. The first kappa shape index (κ1) is 26.3. The molecule has 3 aliphatic rings. The lowest BCUT2D eigenvalue weighted by Gasteiger charge is -2.34. The van der Waals surface area contributed by atoms with Crippen molar-refractivity contribution in [2.75, 3.05) is 19.7 Å². The molecule has 3 N–H and O–H groups in total. The first-order valence-corrected chi connectivity index (χ1v) is 13.4. The fourth-order valence-electron chi connectivity index (χ4n) is 5.37. The monoisotopic (exact) mass is 518 g/mol. The van der Waals surface area contributed by atoms with Crippen LogP contribution < -0.4 is 20.7 Å². The van der Waals surface area contributed by atoms with Crippen molar-refractivity contribution in [1.82, 2.24) is 20.9 Å². The summed E-state index contributed by atoms with van der Waals surface area (Å²) in [4.78, 5) is 53.6. The lowest BCUT2D eigenvalue weighted by atomic mass is 9.83. The highest BCUT2D eigenvalue weighted by Gasteiger charge is 2.40. The summed E-state index contributed by atoms with van der Waals surface area (Å²) in [6.45, 7) is 0.782. The average molecular weight is 519 g/mol. The minimum absolute atomic E-state index is 0.0657. The van der Waals surface area contributed by atoms with Crippen LogP contribution in [0.15, 0.2) is 18.2 Å². The molecule has 10 heteroatoms. The number of hydrogen-bond acceptors (Lipinski definition) is 5. The van der Waals surface area contributed by atoms with E-state index in [4.69, 9.17) is 16.3 Å². The number of nitrogens with zero attached hydrogens (tertiary/aromatic N) is 1. The second-order valence-corrected chi connectivity index (χ2v) is 10.3. The predicted octanol–water partition coefficient (Wildman–Crippen LogP) is 2.30. The molecule has 1 aromatic carbocycles. The number of rotatable bonds is 1. The number of fused-ring (bicyclic) bond motifs is 2. The van der Waals surface area contributed by atoms with Gasteiger partial charge in [-0.15, -0.1) is 0 Å². The second kappa shape index (κ2) is 12.4. The Bertz CT molecular complexity index is 981. The zero-order chi connectivity index (χ0) is 25.5. The Morgan fingerprint density at radius 3 is 2.53 bits per heavy atom. The molecule has 196 valence electrons. The lowest BCUT2D eigenvalue weighted by Crippen LogP contribution is -2.56. The van der Waals surface area contributed by atoms with E-state index in [1.54, 1.807) is 23.1 Å². The van der Waals surface area contributed by atoms with Gasteiger partial charge < -0.3 is 25.6 Å². The van der Waals surface area contributed by atoms with Crippen molar-refractivity contribution in [3.63, 3.8) is 0 Å². The fraction of sp³-hybridized carbons (Fsp3) is 0.615. The Kier molecular flexibility index (Phi) is 9.07. The molecular formula is C26H35ClN4O5. The molecule has 2 aliphatic heterocycles. The van der Waals surface area contributed by atoms with Gasteiger partial charge >= 0.3 is 0 Å². The van der Waals surface area contributed by atoms with E-state index in [0.717, 1.165) is 38.5 Å². The normalized spacial score (nSPS) is 25.4. The maximum Gasteiger partial charge on any atom is 0.257 e. The maximum atomic E-state index is 13.7. The number of amides is 4. The van der Waals surface area contributed by atoms with Crippen molar-refractivity contribution in [2.24, 2.45) is 5.92 Å². The van der Waals surface area contributed by atoms with Gasteiger partial charge in [-0.3, -0.25) is 19.2 Å². The molecule has 1 saturated carbocycles. The molecule has 1 saturated heterocycles. The standard InChI is InChI=1S/C26H35ClN4O5/c27-19-10-11-21-18(14-19)15-29-25(34)20-8-5-13-31(20)26(35)24(17-6-2-1-3-7-17)30-22(32)9-4-12-28-23(33)16-36-21/h10-11,14,17,20,24H,1-9,12-13,15-16H2,(H,28,33)(H,29,34)(H,30,32)/t20-,24?/m0/s1. The minimum Gasteiger partial charge on any atom is -0.483 e. The van der Waals surface area contributed by atoms with Crippen LogP contribution in [0.1, 0.15) is 63.4 Å². The number of carbonyl (C=O) groups is 4. The lowest BCUT2D eigenvalue weighted by molar-refractivity contribution is -0.143. The topological polar surface area (TPSA) is 117 Å². The third kappa shape index (κ3) is 6.69. The highest BCUT2D eigenvalue weighted by molar-refractivity contribution is 6.30. The van der Waals surface area contributed by atoms with Gasteiger partial charge in [-0.2, -0.15) is 0 Å². The number of carbonyl (C=O) groups excluding carboxylic acids is 4. The summed E-state index contributed by atoms with van der Waals surface area (Å²) in [5, 5.41) is 9.15. The van der Waals surface area contributed by atoms with E-state index in [0.29, 0.717) is 42.3 Å². The van der Waals surface area contributed by atoms with Gasteiger partial charge in [0, 0.05) is 36.6 Å². The van der Waals surface area contributed by atoms with Gasteiger partial charge in [0.25, 0.3) is 5.91 Å². The van der Waals surface area contributed by atoms with Crippen LogP contribution in [-0.2, 0) is 25.7 Å². The molecule has 2 heterocycles. The van der Waals surface area contributed by atoms with Crippen LogP contribution in [0.3, 0.4) is 0 Å². The zero-order valence-corrected chi connectivity index (χ0v) is 21.3. The molecule has 9 nitrogen and oxygen atoms in total. The zero-order valence-electron chi connectivity index (χ0n) is 20.5. The summed E-state index contributed by atoms with van der Waals surface area (Å²) in [6, 6.07) is 3.80. The van der Waals surface area contributed by atoms with Crippen LogP contribution >= 0.6 is 11.6 Å². The van der Waals surface area contributed by atoms with E-state index in [1.165, 1.54) is 0 Å². The summed E-state index contributed by atoms with van der Waals surface area (Å²) >= 11 is 6.16. The van der Waals surface area contributed by atoms with Crippen molar-refractivity contribution in [2.45, 2.75) is 76.4 Å². The molecule has 1 aliphatic carbocycles. The highest BCUT2D eigenvalue weighted by atomic mass is 35.5. The molecule has 36 heavy (non-hydrogen) atoms. The molecule has 4 rings (SSSR count). The van der Waals surface area contributed by atoms with E-state index in [1.807, 2.05) is 0 Å². The molecule has 0 bridgehead atoms. The first-order valence-electron chi connectivity index (χ1n) is 13.0. The third-order valence-corrected chi connectivity index (χ3v) is 7.51. The van der Waals surface area contributed by atoms with Crippen LogP contribution in [0.2, 0.25) is 5.02 Å². The largest absolute Gasteiger partial charge is 0.483 e. The molecule has 0 spiro atoms. The Morgan fingerprint density at radius 2 is 1.72 bits per heavy atom. The van der Waals surface area contributed by atoms with Gasteiger partial charge in [0.2, 0.25) is 17.7 Å². The first-order chi connectivity index (χ1) is 17.4. The predicted molar refractivity (Wildman–Crippen MR) is 134 cm³/mol. The maximum absolute atomic E-state index is 13.7. The van der Waals surface area contributed by atoms with Crippen molar-refractivity contribution < 1.29 is 23.9 Å². The molecule has 0 radical (unpaired) electrons. The van der Waals surface area contributed by atoms with E-state index in [2.05, 4.69) is 16.0 Å². The second-order valence-electron chi connectivity index (χ2n) is 9.84. The fourth-order valence-corrected chi connectivity index (χ4v) is 5.57. The van der Waals surface area contributed by atoms with Gasteiger partial charge in [-0.25, -0.2) is 0 Å². The van der Waals surface area contributed by atoms with Crippen LogP contribution in [0.5, 0.6) is 5.75 Å². The van der Waals surface area contributed by atoms with Crippen LogP contribution in [0, 0.1) is 5.92 Å². The van der Waals surface area contributed by atoms with Gasteiger partial charge in [0.1, 0.15) is 17.8 Å². The van der Waals surface area contributed by atoms with Crippen molar-refractivity contribution in [3.05, 3.63) is 28.8 Å². The Labute approximate surface area is 216 Å². The quantitative estimate of drug-likeness (QED) is 0.527. The van der Waals surface area contributed by atoms with Gasteiger partial charge in [0.05, 0.1) is 0 Å². The summed E-state index contributed by atoms with van der Waals surface area (Å²) in [5.74, 6) is -0.425. The summed E-state index contributed by atoms with van der Waals surface area (Å²) in [6.07, 6.45) is 6.91. The summed E-state index contributed by atoms with van der Waals surface area (Å²) in [7, 11) is 0. The molecule has 1 aromatic rings. The SMILES string of the molecule is O=C1COc2ccc(Cl)cc2CNC(=O)[C@@H]2CCCN2C(=O)C(C2CCCCC2)NC(=O)CCCN1. The number of nitrogens with one attached hydrogen (secondary N) is 3. The summed E-state index contributed by atoms with van der Waals surface area (Å²) < 4.78 is 5.68. The number of ether oxygens (including phenoxy) is 1. The van der Waals surface area contributed by atoms with E-state index >= 15 is 0 Å². The molecule has 1 unspecified atom stereocenters. The third-order valence-electron chi connectivity index (χ3n) is 7.28. The molecule has 2 fully saturated rings. The van der Waals surface area contributed by atoms with E-state index in [-0.39, 0.29) is 49.1 Å². The smallest absolute Gasteiger partial charge is 0.257 e. The molecule has 2 atom stereocenters. The van der Waals surface area contributed by atoms with Crippen LogP contribution in [0.25, 0.3) is 0 Å². The number of benzene rings is 1. The Hall–Kier alpha value is -2.81. The van der Waals surface area contributed by atoms with Crippen molar-refractivity contribution in [1.29, 1.82) is 0 Å². The summed E-state index contributed by atoms with van der Waals surface area (Å²) in [5.41, 5.74) is 0.646. The minimum atomic E-state index is -0.632. The molecule has 4 amide bonds. The van der Waals surface area contributed by atoms with Crippen molar-refractivity contribution >= 4 is 35.2 Å². The van der Waals surface area contributed by atoms with Gasteiger partial charge in [-0.1, -0.05) is 30.9 Å². The van der Waals surface area contributed by atoms with E-state index in [9.17, 15) is 19.2 Å². The van der Waals surface area contributed by atoms with Gasteiger partial charge in [-0.05, 0) is 56.2 Å². The van der Waals surface area contributed by atoms with Gasteiger partial charge in [0.15, 0.2) is 6.61 Å². The van der Waals surface area contributed by atoms with Crippen molar-refractivity contribution in [3.8, 4) is 5.75 Å². The molecule has 0 aromatic heterocycles. The van der Waals surface area contributed by atoms with E-state index < -0.39 is 12.1 Å². The van der Waals surface area contributed by atoms with Crippen LogP contribution in [-0.4, -0.2) is 60.3 Å². The Morgan fingerprint density at radius 1 is 0.917 bits per heavy atom. The number of halogens is 1.